The van der Waals surface area contributed by atoms with E-state index in [-0.39, 0.29) is 23.5 Å². The molecule has 0 radical (unpaired) electrons. The molecular weight excluding hydrogens is 545 g/mol. The maximum Gasteiger partial charge on any atom is 0.411 e. The number of esters is 1. The third-order valence-corrected chi connectivity index (χ3v) is 5.86. The second-order valence-corrected chi connectivity index (χ2v) is 9.25. The number of ether oxygens (including phenoxy) is 2. The highest BCUT2D eigenvalue weighted by Gasteiger charge is 2.19. The van der Waals surface area contributed by atoms with E-state index in [4.69, 9.17) is 15.2 Å². The van der Waals surface area contributed by atoms with Crippen LogP contribution in [0, 0.1) is 5.82 Å². The molecule has 11 heteroatoms. The van der Waals surface area contributed by atoms with Crippen LogP contribution < -0.4 is 27.0 Å². The first-order valence-corrected chi connectivity index (χ1v) is 13.2. The number of methoxy groups -OCH3 is 1. The van der Waals surface area contributed by atoms with Crippen molar-refractivity contribution in [2.45, 2.75) is 32.3 Å². The molecule has 0 fully saturated rings. The van der Waals surface area contributed by atoms with Crippen LogP contribution >= 0.6 is 15.9 Å². The van der Waals surface area contributed by atoms with Crippen LogP contribution in [-0.2, 0) is 16.1 Å². The van der Waals surface area contributed by atoms with E-state index in [0.717, 1.165) is 68.0 Å². The van der Waals surface area contributed by atoms with E-state index in [0.29, 0.717) is 13.1 Å². The second-order valence-electron chi connectivity index (χ2n) is 8.33. The minimum absolute atomic E-state index is 0.0307. The molecule has 0 atom stereocenters. The Labute approximate surface area is 226 Å². The Morgan fingerprint density at radius 1 is 0.946 bits per heavy atom. The molecule has 6 N–H and O–H groups in total. The third-order valence-electron chi connectivity index (χ3n) is 5.37. The molecule has 204 valence electrons. The summed E-state index contributed by atoms with van der Waals surface area (Å²) in [6.07, 6.45) is 3.14. The van der Waals surface area contributed by atoms with Crippen LogP contribution in [0.4, 0.5) is 20.6 Å². The molecule has 0 aromatic heterocycles. The van der Waals surface area contributed by atoms with Crippen LogP contribution in [0.3, 0.4) is 0 Å². The number of anilines is 2. The number of nitrogens with two attached hydrogens (primary N) is 1. The normalized spacial score (nSPS) is 10.7. The quantitative estimate of drug-likeness (QED) is 0.139. The predicted octanol–water partition coefficient (Wildman–Crippen LogP) is 4.23. The summed E-state index contributed by atoms with van der Waals surface area (Å²) in [6, 6.07) is 9.73. The van der Waals surface area contributed by atoms with Crippen molar-refractivity contribution in [3.8, 4) is 0 Å². The van der Waals surface area contributed by atoms with Gasteiger partial charge in [-0.3, -0.25) is 5.32 Å². The van der Waals surface area contributed by atoms with E-state index >= 15 is 0 Å². The molecule has 0 bridgehead atoms. The summed E-state index contributed by atoms with van der Waals surface area (Å²) < 4.78 is 25.5. The smallest absolute Gasteiger partial charge is 0.411 e. The largest absolute Gasteiger partial charge is 0.465 e. The number of rotatable bonds is 17. The molecule has 2 rings (SSSR count). The van der Waals surface area contributed by atoms with E-state index in [1.807, 2.05) is 24.3 Å². The summed E-state index contributed by atoms with van der Waals surface area (Å²) in [4.78, 5) is 24.5. The topological polar surface area (TPSA) is 127 Å². The Kier molecular flexibility index (Phi) is 14.6. The Hall–Kier alpha value is -2.73. The molecule has 37 heavy (non-hydrogen) atoms. The maximum absolute atomic E-state index is 14.7. The minimum atomic E-state index is -0.776. The number of carbonyl (C=O) groups excluding carboxylic acids is 2. The van der Waals surface area contributed by atoms with Gasteiger partial charge in [-0.25, -0.2) is 14.0 Å². The van der Waals surface area contributed by atoms with E-state index in [9.17, 15) is 14.0 Å². The monoisotopic (exact) mass is 581 g/mol. The zero-order valence-corrected chi connectivity index (χ0v) is 22.8. The molecule has 0 aliphatic heterocycles. The highest BCUT2D eigenvalue weighted by Crippen LogP contribution is 2.26. The summed E-state index contributed by atoms with van der Waals surface area (Å²) in [5.41, 5.74) is 6.39. The fourth-order valence-electron chi connectivity index (χ4n) is 3.43. The zero-order chi connectivity index (χ0) is 26.9. The fourth-order valence-corrected chi connectivity index (χ4v) is 3.87. The molecule has 0 spiro atoms. The van der Waals surface area contributed by atoms with Gasteiger partial charge >= 0.3 is 12.1 Å². The van der Waals surface area contributed by atoms with E-state index < -0.39 is 17.9 Å². The molecular formula is C26H37BrFN5O4. The number of carbonyl (C=O) groups is 2. The number of halogens is 2. The van der Waals surface area contributed by atoms with Gasteiger partial charge in [0.15, 0.2) is 0 Å². The van der Waals surface area contributed by atoms with Crippen molar-refractivity contribution in [3.05, 3.63) is 57.8 Å². The van der Waals surface area contributed by atoms with Gasteiger partial charge in [0.1, 0.15) is 12.4 Å². The number of unbranched alkanes of at least 4 members (excludes halogenated alkanes) is 1. The van der Waals surface area contributed by atoms with Gasteiger partial charge in [-0.05, 0) is 88.2 Å². The Morgan fingerprint density at radius 3 is 2.32 bits per heavy atom. The lowest BCUT2D eigenvalue weighted by atomic mass is 10.1. The van der Waals surface area contributed by atoms with Gasteiger partial charge in [-0.15, -0.1) is 0 Å². The first-order chi connectivity index (χ1) is 17.9. The first kappa shape index (κ1) is 30.5. The molecule has 0 heterocycles. The molecule has 0 saturated carbocycles. The Bertz CT molecular complexity index is 995. The number of amides is 1. The molecule has 2 aromatic carbocycles. The van der Waals surface area contributed by atoms with Crippen molar-refractivity contribution in [1.29, 1.82) is 0 Å². The number of nitrogens with one attached hydrogen (secondary N) is 4. The molecule has 0 aliphatic carbocycles. The zero-order valence-electron chi connectivity index (χ0n) is 21.2. The van der Waals surface area contributed by atoms with Gasteiger partial charge < -0.3 is 31.2 Å². The average Bonchev–Trinajstić information content (AvgIpc) is 2.89. The van der Waals surface area contributed by atoms with Crippen LogP contribution in [-0.4, -0.2) is 58.4 Å². The van der Waals surface area contributed by atoms with Crippen LogP contribution in [0.1, 0.15) is 41.6 Å². The molecule has 2 aromatic rings. The summed E-state index contributed by atoms with van der Waals surface area (Å²) >= 11 is 3.37. The highest BCUT2D eigenvalue weighted by molar-refractivity contribution is 9.10. The standard InChI is InChI=1S/C26H37BrFN5O4/c1-36-25(34)21-16-22(28)24(32-14-6-13-31-11-3-2-10-30-12-5-9-29)17-23(21)33-26(35)37-18-19-7-4-8-20(27)15-19/h4,7-8,15-17,30-32H,2-3,5-6,9-14,18,29H2,1H3,(H,33,35). The van der Waals surface area contributed by atoms with Gasteiger partial charge in [0.05, 0.1) is 24.0 Å². The SMILES string of the molecule is COC(=O)c1cc(F)c(NCCCNCCCCNCCCN)cc1NC(=O)OCc1cccc(Br)c1. The molecule has 9 nitrogen and oxygen atoms in total. The molecule has 0 aliphatic rings. The maximum atomic E-state index is 14.7. The summed E-state index contributed by atoms with van der Waals surface area (Å²) in [7, 11) is 1.19. The van der Waals surface area contributed by atoms with E-state index in [2.05, 4.69) is 37.2 Å². The van der Waals surface area contributed by atoms with Gasteiger partial charge in [0.25, 0.3) is 0 Å². The number of benzene rings is 2. The third kappa shape index (κ3) is 11.9. The van der Waals surface area contributed by atoms with Crippen molar-refractivity contribution in [1.82, 2.24) is 10.6 Å². The van der Waals surface area contributed by atoms with Gasteiger partial charge in [-0.2, -0.15) is 0 Å². The fraction of sp³-hybridized carbons (Fsp3) is 0.462. The van der Waals surface area contributed by atoms with Gasteiger partial charge in [0.2, 0.25) is 0 Å². The van der Waals surface area contributed by atoms with Gasteiger partial charge in [0, 0.05) is 11.0 Å². The lowest BCUT2D eigenvalue weighted by Gasteiger charge is -2.14. The van der Waals surface area contributed by atoms with Crippen LogP contribution in [0.25, 0.3) is 0 Å². The Morgan fingerprint density at radius 2 is 1.65 bits per heavy atom. The summed E-state index contributed by atoms with van der Waals surface area (Å²) in [5, 5.41) is 12.3. The molecule has 0 unspecified atom stereocenters. The summed E-state index contributed by atoms with van der Waals surface area (Å²) in [5.74, 6) is -1.39. The van der Waals surface area contributed by atoms with Gasteiger partial charge in [-0.1, -0.05) is 28.1 Å². The van der Waals surface area contributed by atoms with E-state index in [1.54, 1.807) is 0 Å². The predicted molar refractivity (Wildman–Crippen MR) is 147 cm³/mol. The van der Waals surface area contributed by atoms with Crippen molar-refractivity contribution >= 4 is 39.4 Å². The lowest BCUT2D eigenvalue weighted by molar-refractivity contribution is 0.0601. The Balaban J connectivity index is 1.82. The first-order valence-electron chi connectivity index (χ1n) is 12.4. The lowest BCUT2D eigenvalue weighted by Crippen LogP contribution is -2.22. The summed E-state index contributed by atoms with van der Waals surface area (Å²) in [6.45, 7) is 4.88. The highest BCUT2D eigenvalue weighted by atomic mass is 79.9. The van der Waals surface area contributed by atoms with Crippen LogP contribution in [0.15, 0.2) is 40.9 Å². The van der Waals surface area contributed by atoms with Crippen molar-refractivity contribution in [3.63, 3.8) is 0 Å². The van der Waals surface area contributed by atoms with Crippen molar-refractivity contribution < 1.29 is 23.5 Å². The molecule has 1 amide bonds. The number of hydrogen-bond donors (Lipinski definition) is 5. The van der Waals surface area contributed by atoms with Crippen molar-refractivity contribution in [2.75, 3.05) is 57.0 Å². The number of hydrogen-bond acceptors (Lipinski definition) is 8. The minimum Gasteiger partial charge on any atom is -0.465 e. The van der Waals surface area contributed by atoms with Crippen LogP contribution in [0.2, 0.25) is 0 Å². The average molecular weight is 583 g/mol. The van der Waals surface area contributed by atoms with E-state index in [1.165, 1.54) is 13.2 Å². The van der Waals surface area contributed by atoms with Crippen LogP contribution in [0.5, 0.6) is 0 Å². The second kappa shape index (κ2) is 17.7. The van der Waals surface area contributed by atoms with Crippen molar-refractivity contribution in [2.24, 2.45) is 5.73 Å². The molecule has 0 saturated heterocycles.